The summed E-state index contributed by atoms with van der Waals surface area (Å²) >= 11 is 0. The number of carbonyl (C=O) groups excluding carboxylic acids is 1. The van der Waals surface area contributed by atoms with Crippen molar-refractivity contribution in [2.24, 2.45) is 0 Å². The number of hydrogen-bond acceptors (Lipinski definition) is 1. The summed E-state index contributed by atoms with van der Waals surface area (Å²) in [6, 6.07) is 0. The lowest BCUT2D eigenvalue weighted by Crippen LogP contribution is -1.73. The van der Waals surface area contributed by atoms with Crippen molar-refractivity contribution in [2.75, 3.05) is 0 Å². The lowest BCUT2D eigenvalue weighted by atomic mass is 10.0. The van der Waals surface area contributed by atoms with E-state index in [2.05, 4.69) is 6.58 Å². The molecule has 0 rings (SSSR count). The van der Waals surface area contributed by atoms with Gasteiger partial charge in [-0.1, -0.05) is 5.47 Å². The van der Waals surface area contributed by atoms with Gasteiger partial charge in [-0.15, -0.1) is 6.58 Å². The standard InChI is InChI=1S/C3H3BO/c1-3(4)2-5/h2H,1H2. The first-order valence-corrected chi connectivity index (χ1v) is 1.17. The average Bonchev–Trinajstić information content (AvgIpc) is 1.38. The molecule has 0 aromatic carbocycles. The van der Waals surface area contributed by atoms with Gasteiger partial charge in [-0.3, -0.25) is 4.79 Å². The van der Waals surface area contributed by atoms with Crippen molar-refractivity contribution in [3.8, 4) is 0 Å². The average molecular weight is 65.9 g/mol. The quantitative estimate of drug-likeness (QED) is 0.236. The third kappa shape index (κ3) is 3.47. The van der Waals surface area contributed by atoms with E-state index >= 15 is 0 Å². The Morgan fingerprint density at radius 3 is 2.20 bits per heavy atom. The van der Waals surface area contributed by atoms with E-state index < -0.39 is 0 Å². The van der Waals surface area contributed by atoms with E-state index in [4.69, 9.17) is 7.85 Å². The second kappa shape index (κ2) is 1.76. The molecule has 2 heteroatoms. The first kappa shape index (κ1) is 4.47. The molecular formula is C3H3BO. The van der Waals surface area contributed by atoms with Crippen LogP contribution in [-0.4, -0.2) is 14.1 Å². The summed E-state index contributed by atoms with van der Waals surface area (Å²) < 4.78 is 0. The number of aldehydes is 1. The molecule has 0 N–H and O–H groups in total. The molecule has 1 nitrogen and oxygen atoms in total. The number of allylic oxidation sites excluding steroid dienone is 1. The van der Waals surface area contributed by atoms with Crippen LogP contribution in [0.5, 0.6) is 0 Å². The maximum atomic E-state index is 9.28. The lowest BCUT2D eigenvalue weighted by Gasteiger charge is -1.65. The van der Waals surface area contributed by atoms with Crippen LogP contribution in [0.2, 0.25) is 0 Å². The predicted molar refractivity (Wildman–Crippen MR) is 21.0 cm³/mol. The molecule has 0 fully saturated rings. The fourth-order valence-electron chi connectivity index (χ4n) is 0. The van der Waals surface area contributed by atoms with E-state index in [1.54, 1.807) is 0 Å². The van der Waals surface area contributed by atoms with Gasteiger partial charge in [0.2, 0.25) is 0 Å². The van der Waals surface area contributed by atoms with Crippen LogP contribution in [0.1, 0.15) is 0 Å². The zero-order valence-corrected chi connectivity index (χ0v) is 2.77. The molecule has 0 aliphatic rings. The van der Waals surface area contributed by atoms with Crippen LogP contribution in [-0.2, 0) is 4.79 Å². The number of hydrogen-bond donors (Lipinski definition) is 0. The van der Waals surface area contributed by atoms with Crippen molar-refractivity contribution in [3.63, 3.8) is 0 Å². The highest BCUT2D eigenvalue weighted by atomic mass is 16.1. The molecule has 0 aliphatic carbocycles. The molecule has 2 radical (unpaired) electrons. The third-order valence-electron chi connectivity index (χ3n) is 0.151. The van der Waals surface area contributed by atoms with E-state index in [1.807, 2.05) is 0 Å². The van der Waals surface area contributed by atoms with Gasteiger partial charge in [0, 0.05) is 0 Å². The van der Waals surface area contributed by atoms with Crippen molar-refractivity contribution >= 4 is 14.1 Å². The molecule has 0 bridgehead atoms. The Morgan fingerprint density at radius 2 is 2.20 bits per heavy atom. The Bertz CT molecular complexity index is 57.9. The van der Waals surface area contributed by atoms with Crippen molar-refractivity contribution in [2.45, 2.75) is 0 Å². The molecule has 0 spiro atoms. The second-order valence-corrected chi connectivity index (χ2v) is 0.693. The zero-order chi connectivity index (χ0) is 4.28. The summed E-state index contributed by atoms with van der Waals surface area (Å²) in [6.07, 6.45) is 0.500. The molecule has 0 atom stereocenters. The van der Waals surface area contributed by atoms with Crippen LogP contribution in [0, 0.1) is 0 Å². The van der Waals surface area contributed by atoms with Gasteiger partial charge < -0.3 is 0 Å². The number of rotatable bonds is 1. The molecular weight excluding hydrogens is 62.8 g/mol. The zero-order valence-electron chi connectivity index (χ0n) is 2.77. The summed E-state index contributed by atoms with van der Waals surface area (Å²) in [4.78, 5) is 9.28. The second-order valence-electron chi connectivity index (χ2n) is 0.693. The SMILES string of the molecule is [B]C(=C)C=O. The van der Waals surface area contributed by atoms with Gasteiger partial charge >= 0.3 is 0 Å². The van der Waals surface area contributed by atoms with E-state index in [-0.39, 0.29) is 5.47 Å². The molecule has 0 heterocycles. The first-order valence-electron chi connectivity index (χ1n) is 1.17. The Kier molecular flexibility index (Phi) is 1.58. The van der Waals surface area contributed by atoms with E-state index in [0.29, 0.717) is 6.29 Å². The van der Waals surface area contributed by atoms with Crippen molar-refractivity contribution in [3.05, 3.63) is 12.1 Å². The Balaban J connectivity index is 3.20. The summed E-state index contributed by atoms with van der Waals surface area (Å²) in [5.41, 5.74) is 0.0741. The number of carbonyl (C=O) groups is 1. The smallest absolute Gasteiger partial charge is 0.135 e. The van der Waals surface area contributed by atoms with Crippen LogP contribution < -0.4 is 0 Å². The van der Waals surface area contributed by atoms with Gasteiger partial charge in [-0.05, 0) is 0 Å². The highest BCUT2D eigenvalue weighted by Gasteiger charge is 1.66. The van der Waals surface area contributed by atoms with Gasteiger partial charge in [0.05, 0.1) is 0 Å². The fraction of sp³-hybridized carbons (Fsp3) is 0. The maximum Gasteiger partial charge on any atom is 0.135 e. The molecule has 0 saturated heterocycles. The minimum absolute atomic E-state index is 0.0741. The molecule has 0 amide bonds. The summed E-state index contributed by atoms with van der Waals surface area (Å²) in [5, 5.41) is 0. The minimum Gasteiger partial charge on any atom is -0.299 e. The van der Waals surface area contributed by atoms with Gasteiger partial charge in [0.15, 0.2) is 0 Å². The van der Waals surface area contributed by atoms with Crippen LogP contribution in [0.4, 0.5) is 0 Å². The Labute approximate surface area is 32.1 Å². The summed E-state index contributed by atoms with van der Waals surface area (Å²) in [5.74, 6) is 0. The summed E-state index contributed by atoms with van der Waals surface area (Å²) in [6.45, 7) is 3.08. The van der Waals surface area contributed by atoms with Gasteiger partial charge in [-0.2, -0.15) is 0 Å². The largest absolute Gasteiger partial charge is 0.299 e. The van der Waals surface area contributed by atoms with Crippen LogP contribution >= 0.6 is 0 Å². The van der Waals surface area contributed by atoms with Crippen LogP contribution in [0.25, 0.3) is 0 Å². The maximum absolute atomic E-state index is 9.28. The Hall–Kier alpha value is -0.525. The Morgan fingerprint density at radius 1 is 2.00 bits per heavy atom. The predicted octanol–water partition coefficient (Wildman–Crippen LogP) is -0.133. The molecule has 0 aromatic heterocycles. The van der Waals surface area contributed by atoms with Crippen molar-refractivity contribution in [1.29, 1.82) is 0 Å². The van der Waals surface area contributed by atoms with E-state index in [1.165, 1.54) is 0 Å². The topological polar surface area (TPSA) is 17.1 Å². The van der Waals surface area contributed by atoms with Gasteiger partial charge in [0.1, 0.15) is 14.1 Å². The van der Waals surface area contributed by atoms with Crippen LogP contribution in [0.3, 0.4) is 0 Å². The molecule has 0 aliphatic heterocycles. The van der Waals surface area contributed by atoms with Gasteiger partial charge in [-0.25, -0.2) is 0 Å². The van der Waals surface area contributed by atoms with Crippen molar-refractivity contribution < 1.29 is 4.79 Å². The first-order chi connectivity index (χ1) is 2.27. The fourth-order valence-corrected chi connectivity index (χ4v) is 0. The molecule has 0 unspecified atom stereocenters. The third-order valence-corrected chi connectivity index (χ3v) is 0.151. The van der Waals surface area contributed by atoms with E-state index in [0.717, 1.165) is 0 Å². The normalized spacial score (nSPS) is 6.40. The highest BCUT2D eigenvalue weighted by Crippen LogP contribution is 1.62. The highest BCUT2D eigenvalue weighted by molar-refractivity contribution is 6.31. The molecule has 0 saturated carbocycles. The van der Waals surface area contributed by atoms with Gasteiger partial charge in [0.25, 0.3) is 0 Å². The minimum atomic E-state index is 0.0741. The van der Waals surface area contributed by atoms with Crippen molar-refractivity contribution in [1.82, 2.24) is 0 Å². The van der Waals surface area contributed by atoms with Crippen LogP contribution in [0.15, 0.2) is 12.1 Å². The van der Waals surface area contributed by atoms with E-state index in [9.17, 15) is 4.79 Å². The monoisotopic (exact) mass is 66.0 g/mol. The lowest BCUT2D eigenvalue weighted by molar-refractivity contribution is -0.104. The molecule has 0 aromatic rings. The molecule has 24 valence electrons. The summed E-state index contributed by atoms with van der Waals surface area (Å²) in [7, 11) is 4.73. The molecule has 5 heavy (non-hydrogen) atoms.